The topological polar surface area (TPSA) is 35.5 Å². The van der Waals surface area contributed by atoms with E-state index >= 15 is 0 Å². The van der Waals surface area contributed by atoms with Crippen molar-refractivity contribution in [2.45, 2.75) is 99.7 Å². The SMILES string of the molecule is CCCC1=CC2=C(C(/C=C(/C)CC)C(C)C(C)(C)O2)[C@H](OC(=O)C(C)(C)C)C1. The summed E-state index contributed by atoms with van der Waals surface area (Å²) in [5.74, 6) is 1.30. The van der Waals surface area contributed by atoms with Gasteiger partial charge in [-0.2, -0.15) is 0 Å². The summed E-state index contributed by atoms with van der Waals surface area (Å²) in [6, 6.07) is 0. The van der Waals surface area contributed by atoms with Gasteiger partial charge in [0.05, 0.1) is 5.41 Å². The quantitative estimate of drug-likeness (QED) is 0.386. The molecule has 2 unspecified atom stereocenters. The van der Waals surface area contributed by atoms with Crippen molar-refractivity contribution >= 4 is 5.97 Å². The number of ether oxygens (including phenoxy) is 2. The number of hydrogen-bond donors (Lipinski definition) is 0. The number of rotatable bonds is 5. The Labute approximate surface area is 172 Å². The van der Waals surface area contributed by atoms with Crippen LogP contribution in [0.25, 0.3) is 0 Å². The average Bonchev–Trinajstić information content (AvgIpc) is 2.57. The van der Waals surface area contributed by atoms with Crippen molar-refractivity contribution in [3.8, 4) is 0 Å². The lowest BCUT2D eigenvalue weighted by atomic mass is 9.70. The molecular formula is C25H40O3. The van der Waals surface area contributed by atoms with Crippen LogP contribution < -0.4 is 0 Å². The summed E-state index contributed by atoms with van der Waals surface area (Å²) in [4.78, 5) is 12.7. The minimum absolute atomic E-state index is 0.144. The molecule has 2 rings (SSSR count). The first-order valence-electron chi connectivity index (χ1n) is 10.9. The standard InChI is InChI=1S/C25H40O3/c1-10-12-18-14-20(27-23(26)24(5,6)7)22-19(13-16(3)11-2)17(4)25(8,9)28-21(22)15-18/h13,15,17,19-20H,10-12,14H2,1-9H3/b16-13-/t17?,19?,20-/m1/s1. The fourth-order valence-electron chi connectivity index (χ4n) is 3.94. The van der Waals surface area contributed by atoms with Gasteiger partial charge in [-0.15, -0.1) is 0 Å². The predicted octanol–water partition coefficient (Wildman–Crippen LogP) is 6.75. The molecule has 1 heterocycles. The fourth-order valence-corrected chi connectivity index (χ4v) is 3.94. The van der Waals surface area contributed by atoms with Crippen LogP contribution in [-0.2, 0) is 14.3 Å². The van der Waals surface area contributed by atoms with Crippen LogP contribution in [0.2, 0.25) is 0 Å². The van der Waals surface area contributed by atoms with Crippen molar-refractivity contribution in [3.05, 3.63) is 34.6 Å². The van der Waals surface area contributed by atoms with Crippen molar-refractivity contribution in [1.82, 2.24) is 0 Å². The Morgan fingerprint density at radius 1 is 1.32 bits per heavy atom. The van der Waals surface area contributed by atoms with E-state index in [1.54, 1.807) is 0 Å². The van der Waals surface area contributed by atoms with Gasteiger partial charge in [0.1, 0.15) is 17.5 Å². The lowest BCUT2D eigenvalue weighted by Crippen LogP contribution is -2.45. The van der Waals surface area contributed by atoms with E-state index in [2.05, 4.69) is 53.7 Å². The van der Waals surface area contributed by atoms with Gasteiger partial charge in [0, 0.05) is 23.8 Å². The highest BCUT2D eigenvalue weighted by Gasteiger charge is 2.46. The number of carbonyl (C=O) groups is 1. The molecule has 158 valence electrons. The third-order valence-electron chi connectivity index (χ3n) is 6.24. The van der Waals surface area contributed by atoms with E-state index in [9.17, 15) is 4.79 Å². The molecule has 0 N–H and O–H groups in total. The van der Waals surface area contributed by atoms with E-state index in [-0.39, 0.29) is 23.6 Å². The molecule has 3 heteroatoms. The zero-order valence-electron chi connectivity index (χ0n) is 19.4. The molecule has 0 fully saturated rings. The highest BCUT2D eigenvalue weighted by molar-refractivity contribution is 5.76. The average molecular weight is 389 g/mol. The molecule has 0 radical (unpaired) electrons. The second-order valence-electron chi connectivity index (χ2n) is 10.1. The van der Waals surface area contributed by atoms with Gasteiger partial charge in [-0.3, -0.25) is 4.79 Å². The van der Waals surface area contributed by atoms with E-state index < -0.39 is 5.41 Å². The van der Waals surface area contributed by atoms with Crippen molar-refractivity contribution in [2.75, 3.05) is 0 Å². The van der Waals surface area contributed by atoms with Crippen LogP contribution in [0.1, 0.15) is 88.0 Å². The van der Waals surface area contributed by atoms with Crippen molar-refractivity contribution in [1.29, 1.82) is 0 Å². The van der Waals surface area contributed by atoms with Crippen LogP contribution in [-0.4, -0.2) is 17.7 Å². The van der Waals surface area contributed by atoms with E-state index in [1.165, 1.54) is 11.1 Å². The molecule has 0 saturated carbocycles. The van der Waals surface area contributed by atoms with Gasteiger partial charge in [0.15, 0.2) is 0 Å². The summed E-state index contributed by atoms with van der Waals surface area (Å²) in [5.41, 5.74) is 3.05. The largest absolute Gasteiger partial charge is 0.487 e. The molecule has 1 aliphatic carbocycles. The molecule has 0 spiro atoms. The summed E-state index contributed by atoms with van der Waals surface area (Å²) in [6.45, 7) is 18.9. The highest BCUT2D eigenvalue weighted by Crippen LogP contribution is 2.47. The second kappa shape index (κ2) is 8.47. The van der Waals surface area contributed by atoms with Gasteiger partial charge < -0.3 is 9.47 Å². The van der Waals surface area contributed by atoms with Crippen LogP contribution in [0, 0.1) is 17.3 Å². The summed E-state index contributed by atoms with van der Waals surface area (Å²) in [7, 11) is 0. The molecule has 0 aromatic heterocycles. The van der Waals surface area contributed by atoms with Crippen LogP contribution in [0.5, 0.6) is 0 Å². The molecule has 1 aliphatic heterocycles. The van der Waals surface area contributed by atoms with Gasteiger partial charge >= 0.3 is 5.97 Å². The maximum Gasteiger partial charge on any atom is 0.311 e. The number of esters is 1. The Bertz CT molecular complexity index is 685. The van der Waals surface area contributed by atoms with Crippen molar-refractivity contribution in [3.63, 3.8) is 0 Å². The molecule has 3 atom stereocenters. The van der Waals surface area contributed by atoms with Gasteiger partial charge in [-0.1, -0.05) is 44.4 Å². The van der Waals surface area contributed by atoms with Crippen LogP contribution in [0.15, 0.2) is 34.6 Å². The summed E-state index contributed by atoms with van der Waals surface area (Å²) in [6.07, 6.45) is 8.24. The normalized spacial score (nSPS) is 27.7. The van der Waals surface area contributed by atoms with E-state index in [0.29, 0.717) is 5.92 Å². The van der Waals surface area contributed by atoms with Crippen LogP contribution in [0.3, 0.4) is 0 Å². The fraction of sp³-hybridized carbons (Fsp3) is 0.720. The minimum atomic E-state index is -0.516. The third kappa shape index (κ3) is 4.90. The van der Waals surface area contributed by atoms with Gasteiger partial charge in [-0.25, -0.2) is 0 Å². The Morgan fingerprint density at radius 3 is 2.50 bits per heavy atom. The monoisotopic (exact) mass is 388 g/mol. The first kappa shape index (κ1) is 22.8. The highest BCUT2D eigenvalue weighted by atomic mass is 16.5. The first-order chi connectivity index (χ1) is 12.9. The van der Waals surface area contributed by atoms with E-state index in [1.807, 2.05) is 20.8 Å². The summed E-state index contributed by atoms with van der Waals surface area (Å²) in [5, 5.41) is 0. The molecule has 3 nitrogen and oxygen atoms in total. The Morgan fingerprint density at radius 2 is 1.96 bits per heavy atom. The minimum Gasteiger partial charge on any atom is -0.487 e. The zero-order chi connectivity index (χ0) is 21.3. The molecule has 0 bridgehead atoms. The summed E-state index contributed by atoms with van der Waals surface area (Å²) < 4.78 is 12.6. The van der Waals surface area contributed by atoms with Crippen LogP contribution in [0.4, 0.5) is 0 Å². The molecule has 28 heavy (non-hydrogen) atoms. The third-order valence-corrected chi connectivity index (χ3v) is 6.24. The lowest BCUT2D eigenvalue weighted by Gasteiger charge is -2.46. The van der Waals surface area contributed by atoms with E-state index in [4.69, 9.17) is 9.47 Å². The van der Waals surface area contributed by atoms with E-state index in [0.717, 1.165) is 37.0 Å². The Balaban J connectivity index is 2.56. The molecule has 0 aromatic carbocycles. The van der Waals surface area contributed by atoms with Gasteiger partial charge in [-0.05, 0) is 60.5 Å². The van der Waals surface area contributed by atoms with Crippen molar-refractivity contribution < 1.29 is 14.3 Å². The van der Waals surface area contributed by atoms with Crippen molar-refractivity contribution in [2.24, 2.45) is 17.3 Å². The summed E-state index contributed by atoms with van der Waals surface area (Å²) >= 11 is 0. The zero-order valence-corrected chi connectivity index (χ0v) is 19.4. The Kier molecular flexibility index (Phi) is 6.89. The van der Waals surface area contributed by atoms with Gasteiger partial charge in [0.25, 0.3) is 0 Å². The maximum atomic E-state index is 12.7. The number of carbonyl (C=O) groups excluding carboxylic acids is 1. The molecule has 0 amide bonds. The van der Waals surface area contributed by atoms with Gasteiger partial charge in [0.2, 0.25) is 0 Å². The predicted molar refractivity (Wildman–Crippen MR) is 116 cm³/mol. The Hall–Kier alpha value is -1.51. The number of hydrogen-bond acceptors (Lipinski definition) is 3. The van der Waals surface area contributed by atoms with Crippen LogP contribution >= 0.6 is 0 Å². The second-order valence-corrected chi connectivity index (χ2v) is 10.1. The first-order valence-corrected chi connectivity index (χ1v) is 10.9. The molecule has 0 saturated heterocycles. The smallest absolute Gasteiger partial charge is 0.311 e. The molecule has 0 aromatic rings. The number of allylic oxidation sites excluding steroid dienone is 3. The maximum absolute atomic E-state index is 12.7. The molecular weight excluding hydrogens is 348 g/mol. The molecule has 2 aliphatic rings. The lowest BCUT2D eigenvalue weighted by molar-refractivity contribution is -0.158.